The molecule has 1 aliphatic rings. The molecule has 1 fully saturated rings. The molecule has 0 spiro atoms. The molecule has 0 amide bonds. The molecule has 3 heterocycles. The Morgan fingerprint density at radius 1 is 1.19 bits per heavy atom. The third-order valence-corrected chi connectivity index (χ3v) is 5.94. The molecule has 31 heavy (non-hydrogen) atoms. The molecule has 0 bridgehead atoms. The highest BCUT2D eigenvalue weighted by Gasteiger charge is 2.26. The maximum atomic E-state index is 12.8. The molecule has 2 aromatic heterocycles. The second kappa shape index (κ2) is 8.46. The number of aromatic nitrogens is 3. The number of aryl methyl sites for hydroxylation is 1. The average Bonchev–Trinajstić information content (AvgIpc) is 2.79. The number of hydrogen-bond acceptors (Lipinski definition) is 6. The van der Waals surface area contributed by atoms with Gasteiger partial charge in [-0.25, -0.2) is 4.98 Å². The van der Waals surface area contributed by atoms with Gasteiger partial charge >= 0.3 is 11.1 Å². The molecule has 8 nitrogen and oxygen atoms in total. The van der Waals surface area contributed by atoms with Gasteiger partial charge in [-0.05, 0) is 31.0 Å². The van der Waals surface area contributed by atoms with Gasteiger partial charge in [0, 0.05) is 37.9 Å². The number of carbonyl (C=O) groups is 1. The molecule has 4 rings (SSSR count). The fraction of sp³-hybridized carbons (Fsp3) is 0.318. The summed E-state index contributed by atoms with van der Waals surface area (Å²) in [6.07, 6.45) is 2.70. The highest BCUT2D eigenvalue weighted by atomic mass is 35.5. The number of halogens is 1. The van der Waals surface area contributed by atoms with Crippen molar-refractivity contribution in [2.24, 2.45) is 7.05 Å². The number of fused-ring (bicyclic) bond motifs is 1. The zero-order chi connectivity index (χ0) is 22.1. The zero-order valence-electron chi connectivity index (χ0n) is 16.9. The van der Waals surface area contributed by atoms with E-state index in [0.29, 0.717) is 53.2 Å². The van der Waals surface area contributed by atoms with E-state index in [0.717, 1.165) is 0 Å². The lowest BCUT2D eigenvalue weighted by Gasteiger charge is -2.32. The highest BCUT2D eigenvalue weighted by Crippen LogP contribution is 2.24. The quantitative estimate of drug-likeness (QED) is 0.458. The van der Waals surface area contributed by atoms with E-state index in [1.807, 2.05) is 11.0 Å². The smallest absolute Gasteiger partial charge is 0.304 e. The van der Waals surface area contributed by atoms with Crippen LogP contribution in [0.25, 0.3) is 11.2 Å². The third kappa shape index (κ3) is 4.02. The highest BCUT2D eigenvalue weighted by molar-refractivity contribution is 6.31. The van der Waals surface area contributed by atoms with Gasteiger partial charge in [-0.1, -0.05) is 23.7 Å². The van der Waals surface area contributed by atoms with E-state index >= 15 is 0 Å². The first-order chi connectivity index (χ1) is 14.9. The summed E-state index contributed by atoms with van der Waals surface area (Å²) in [6.45, 7) is 1.49. The largest absolute Gasteiger partial charge is 0.318 e. The van der Waals surface area contributed by atoms with E-state index in [9.17, 15) is 14.4 Å². The Hall–Kier alpha value is -3.28. The number of nitriles is 1. The van der Waals surface area contributed by atoms with Crippen molar-refractivity contribution in [1.82, 2.24) is 19.0 Å². The summed E-state index contributed by atoms with van der Waals surface area (Å²) >= 11 is 6.04. The minimum Gasteiger partial charge on any atom is -0.304 e. The van der Waals surface area contributed by atoms with Crippen LogP contribution in [-0.4, -0.2) is 44.4 Å². The predicted octanol–water partition coefficient (Wildman–Crippen LogP) is 2.14. The van der Waals surface area contributed by atoms with Crippen LogP contribution >= 0.6 is 11.6 Å². The number of hydrogen-bond donors (Lipinski definition) is 0. The molecule has 1 saturated heterocycles. The van der Waals surface area contributed by atoms with Crippen LogP contribution in [0.2, 0.25) is 5.02 Å². The molecule has 9 heteroatoms. The maximum absolute atomic E-state index is 12.8. The van der Waals surface area contributed by atoms with Crippen LogP contribution in [0.4, 0.5) is 0 Å². The zero-order valence-corrected chi connectivity index (χ0v) is 17.7. The van der Waals surface area contributed by atoms with Gasteiger partial charge in [0.15, 0.2) is 11.4 Å². The Kier molecular flexibility index (Phi) is 5.72. The van der Waals surface area contributed by atoms with E-state index in [-0.39, 0.29) is 18.4 Å². The monoisotopic (exact) mass is 437 g/mol. The van der Waals surface area contributed by atoms with Crippen LogP contribution in [0.5, 0.6) is 0 Å². The summed E-state index contributed by atoms with van der Waals surface area (Å²) in [5.41, 5.74) is 0.806. The minimum absolute atomic E-state index is 0.0181. The average molecular weight is 438 g/mol. The topological polar surface area (TPSA) is 101 Å². The van der Waals surface area contributed by atoms with Gasteiger partial charge in [0.05, 0.1) is 28.7 Å². The molecule has 0 saturated carbocycles. The first kappa shape index (κ1) is 21.0. The number of ketones is 1. The van der Waals surface area contributed by atoms with Crippen molar-refractivity contribution in [2.75, 3.05) is 19.6 Å². The van der Waals surface area contributed by atoms with E-state index in [1.165, 1.54) is 22.4 Å². The first-order valence-corrected chi connectivity index (χ1v) is 10.3. The van der Waals surface area contributed by atoms with Crippen LogP contribution in [0.1, 0.15) is 34.8 Å². The molecule has 0 aliphatic carbocycles. The van der Waals surface area contributed by atoms with Crippen molar-refractivity contribution < 1.29 is 4.79 Å². The summed E-state index contributed by atoms with van der Waals surface area (Å²) in [6, 6.07) is 10.1. The molecule has 1 aromatic carbocycles. The van der Waals surface area contributed by atoms with Crippen molar-refractivity contribution in [3.8, 4) is 6.07 Å². The Balaban J connectivity index is 1.52. The molecule has 1 aliphatic heterocycles. The van der Waals surface area contributed by atoms with Gasteiger partial charge in [0.1, 0.15) is 0 Å². The van der Waals surface area contributed by atoms with Crippen LogP contribution in [-0.2, 0) is 7.05 Å². The van der Waals surface area contributed by atoms with Crippen molar-refractivity contribution >= 4 is 28.5 Å². The Bertz CT molecular complexity index is 1310. The lowest BCUT2D eigenvalue weighted by molar-refractivity contribution is 0.0898. The van der Waals surface area contributed by atoms with Crippen LogP contribution in [0.3, 0.4) is 0 Å². The van der Waals surface area contributed by atoms with Crippen molar-refractivity contribution in [3.63, 3.8) is 0 Å². The Morgan fingerprint density at radius 3 is 2.52 bits per heavy atom. The SMILES string of the molecule is Cn1c(=O)c(=O)n(C2CCN(CC(=O)c3ccc(C#N)cc3)CC2)c2ncc(Cl)cc21. The standard InChI is InChI=1S/C22H20ClN5O3/c1-26-18-10-16(23)12-25-20(18)28(22(31)21(26)30)17-6-8-27(9-7-17)13-19(29)15-4-2-14(11-24)3-5-15/h2-5,10,12,17H,6-9,13H2,1H3. The third-order valence-electron chi connectivity index (χ3n) is 5.74. The predicted molar refractivity (Wildman–Crippen MR) is 116 cm³/mol. The van der Waals surface area contributed by atoms with Gasteiger partial charge in [0.2, 0.25) is 0 Å². The van der Waals surface area contributed by atoms with E-state index in [4.69, 9.17) is 16.9 Å². The second-order valence-electron chi connectivity index (χ2n) is 7.66. The number of likely N-dealkylation sites (tertiary alicyclic amines) is 1. The number of Topliss-reactive ketones (excluding diaryl/α,β-unsaturated/α-hetero) is 1. The number of benzene rings is 1. The van der Waals surface area contributed by atoms with Crippen LogP contribution < -0.4 is 11.1 Å². The summed E-state index contributed by atoms with van der Waals surface area (Å²) in [7, 11) is 1.53. The number of nitrogens with zero attached hydrogens (tertiary/aromatic N) is 5. The fourth-order valence-electron chi connectivity index (χ4n) is 4.01. The molecule has 0 atom stereocenters. The second-order valence-corrected chi connectivity index (χ2v) is 8.09. The van der Waals surface area contributed by atoms with Crippen molar-refractivity contribution in [3.05, 3.63) is 73.4 Å². The van der Waals surface area contributed by atoms with E-state index < -0.39 is 11.1 Å². The number of piperidine rings is 1. The number of rotatable bonds is 4. The Morgan fingerprint density at radius 2 is 1.87 bits per heavy atom. The molecule has 158 valence electrons. The molecule has 0 N–H and O–H groups in total. The first-order valence-electron chi connectivity index (χ1n) is 9.91. The minimum atomic E-state index is -0.616. The summed E-state index contributed by atoms with van der Waals surface area (Å²) < 4.78 is 2.76. The Labute approximate surface area is 182 Å². The summed E-state index contributed by atoms with van der Waals surface area (Å²) in [4.78, 5) is 44.1. The van der Waals surface area contributed by atoms with Gasteiger partial charge in [-0.2, -0.15) is 5.26 Å². The van der Waals surface area contributed by atoms with Crippen molar-refractivity contribution in [1.29, 1.82) is 5.26 Å². The molecular weight excluding hydrogens is 418 g/mol. The molecule has 3 aromatic rings. The van der Waals surface area contributed by atoms with Crippen molar-refractivity contribution in [2.45, 2.75) is 18.9 Å². The molecule has 0 unspecified atom stereocenters. The van der Waals surface area contributed by atoms with Crippen LogP contribution in [0.15, 0.2) is 46.1 Å². The van der Waals surface area contributed by atoms with E-state index in [1.54, 1.807) is 30.3 Å². The normalized spacial score (nSPS) is 15.1. The fourth-order valence-corrected chi connectivity index (χ4v) is 4.16. The van der Waals surface area contributed by atoms with Gasteiger partial charge in [-0.3, -0.25) is 23.9 Å². The lowest BCUT2D eigenvalue weighted by Crippen LogP contribution is -2.45. The summed E-state index contributed by atoms with van der Waals surface area (Å²) in [5, 5.41) is 9.27. The van der Waals surface area contributed by atoms with Gasteiger partial charge in [-0.15, -0.1) is 0 Å². The van der Waals surface area contributed by atoms with Gasteiger partial charge in [0.25, 0.3) is 0 Å². The lowest BCUT2D eigenvalue weighted by atomic mass is 10.0. The van der Waals surface area contributed by atoms with E-state index in [2.05, 4.69) is 4.98 Å². The summed E-state index contributed by atoms with van der Waals surface area (Å²) in [5.74, 6) is -0.0181. The number of carbonyl (C=O) groups excluding carboxylic acids is 1. The van der Waals surface area contributed by atoms with Gasteiger partial charge < -0.3 is 4.57 Å². The number of pyridine rings is 1. The molecule has 0 radical (unpaired) electrons. The van der Waals surface area contributed by atoms with Crippen LogP contribution in [0, 0.1) is 11.3 Å². The molecular formula is C22H20ClN5O3. The maximum Gasteiger partial charge on any atom is 0.318 e.